The molecule has 0 aliphatic heterocycles. The van der Waals surface area contributed by atoms with Crippen LogP contribution in [0.4, 0.5) is 0 Å². The molecule has 4 nitrogen and oxygen atoms in total. The van der Waals surface area contributed by atoms with Gasteiger partial charge in [-0.05, 0) is 118 Å². The van der Waals surface area contributed by atoms with Crippen LogP contribution in [0.2, 0.25) is 0 Å². The monoisotopic (exact) mass is 484 g/mol. The number of esters is 1. The van der Waals surface area contributed by atoms with Crippen molar-refractivity contribution in [3.63, 3.8) is 0 Å². The summed E-state index contributed by atoms with van der Waals surface area (Å²) in [6, 6.07) is 5.57. The standard InChI is InChI=1S/C20H32O2.C11H16O2/c1-5-19(3,4)18(21)22-20(6-2)11-14-10-15(20)17-13-8-7-12(9-13)16(14)17;1-4-8(2)9-5-6-11(13-3)10(12)7-9/h12-17H,5-11H2,1-4H3;5-8,12H,4H2,1-3H3. The first kappa shape index (κ1) is 26.4. The van der Waals surface area contributed by atoms with Crippen LogP contribution >= 0.6 is 0 Å². The number of phenolic OH excluding ortho intramolecular Hbond substituents is 1. The van der Waals surface area contributed by atoms with Gasteiger partial charge in [0.25, 0.3) is 0 Å². The maximum absolute atomic E-state index is 12.7. The van der Waals surface area contributed by atoms with E-state index in [1.54, 1.807) is 19.2 Å². The van der Waals surface area contributed by atoms with Gasteiger partial charge in [-0.15, -0.1) is 0 Å². The number of rotatable bonds is 7. The Bertz CT molecular complexity index is 907. The number of fused-ring (bicyclic) bond motifs is 9. The highest BCUT2D eigenvalue weighted by Gasteiger charge is 2.67. The van der Waals surface area contributed by atoms with Gasteiger partial charge in [-0.2, -0.15) is 0 Å². The Morgan fingerprint density at radius 2 is 1.80 bits per heavy atom. The summed E-state index contributed by atoms with van der Waals surface area (Å²) >= 11 is 0. The van der Waals surface area contributed by atoms with Crippen LogP contribution in [-0.2, 0) is 9.53 Å². The van der Waals surface area contributed by atoms with Gasteiger partial charge in [-0.25, -0.2) is 0 Å². The van der Waals surface area contributed by atoms with Crippen LogP contribution in [0.15, 0.2) is 18.2 Å². The molecule has 35 heavy (non-hydrogen) atoms. The van der Waals surface area contributed by atoms with E-state index in [2.05, 4.69) is 27.7 Å². The van der Waals surface area contributed by atoms with Crippen molar-refractivity contribution < 1.29 is 19.4 Å². The van der Waals surface area contributed by atoms with Gasteiger partial charge >= 0.3 is 5.97 Å². The third kappa shape index (κ3) is 4.60. The third-order valence-corrected chi connectivity index (χ3v) is 10.6. The lowest BCUT2D eigenvalue weighted by Gasteiger charge is -2.46. The van der Waals surface area contributed by atoms with Gasteiger partial charge < -0.3 is 14.6 Å². The van der Waals surface area contributed by atoms with Crippen LogP contribution in [0.1, 0.15) is 104 Å². The molecule has 0 radical (unpaired) electrons. The Morgan fingerprint density at radius 3 is 2.37 bits per heavy atom. The minimum atomic E-state index is -0.335. The Labute approximate surface area is 213 Å². The lowest BCUT2D eigenvalue weighted by atomic mass is 9.65. The number of methoxy groups -OCH3 is 1. The predicted octanol–water partition coefficient (Wildman–Crippen LogP) is 7.73. The van der Waals surface area contributed by atoms with Gasteiger partial charge in [0.15, 0.2) is 11.5 Å². The van der Waals surface area contributed by atoms with E-state index in [-0.39, 0.29) is 22.7 Å². The second-order valence-corrected chi connectivity index (χ2v) is 12.6. The van der Waals surface area contributed by atoms with Gasteiger partial charge in [-0.1, -0.05) is 33.8 Å². The van der Waals surface area contributed by atoms with Crippen molar-refractivity contribution in [2.75, 3.05) is 7.11 Å². The van der Waals surface area contributed by atoms with Gasteiger partial charge in [0.1, 0.15) is 5.60 Å². The topological polar surface area (TPSA) is 55.8 Å². The molecular formula is C31H48O4. The first-order chi connectivity index (χ1) is 16.6. The zero-order valence-corrected chi connectivity index (χ0v) is 23.1. The number of hydrogen-bond acceptors (Lipinski definition) is 4. The smallest absolute Gasteiger partial charge is 0.312 e. The highest BCUT2D eigenvalue weighted by atomic mass is 16.6. The lowest BCUT2D eigenvalue weighted by molar-refractivity contribution is -0.183. The minimum Gasteiger partial charge on any atom is -0.504 e. The summed E-state index contributed by atoms with van der Waals surface area (Å²) in [7, 11) is 1.55. The van der Waals surface area contributed by atoms with Crippen LogP contribution in [0, 0.1) is 40.9 Å². The molecule has 4 aliphatic rings. The summed E-state index contributed by atoms with van der Waals surface area (Å²) in [5, 5.41) is 9.51. The number of carbonyl (C=O) groups excluding carboxylic acids is 1. The van der Waals surface area contributed by atoms with Gasteiger partial charge in [0, 0.05) is 5.92 Å². The van der Waals surface area contributed by atoms with E-state index in [1.807, 2.05) is 19.9 Å². The molecule has 1 aromatic rings. The fourth-order valence-electron chi connectivity index (χ4n) is 8.01. The molecule has 0 heterocycles. The quantitative estimate of drug-likeness (QED) is 0.318. The molecule has 0 saturated heterocycles. The Hall–Kier alpha value is -1.71. The number of aromatic hydroxyl groups is 1. The maximum atomic E-state index is 12.7. The molecule has 8 unspecified atom stereocenters. The molecule has 4 aliphatic carbocycles. The van der Waals surface area contributed by atoms with Gasteiger partial charge in [-0.3, -0.25) is 4.79 Å². The summed E-state index contributed by atoms with van der Waals surface area (Å²) in [6.07, 6.45) is 9.86. The zero-order valence-electron chi connectivity index (χ0n) is 23.1. The molecule has 196 valence electrons. The Morgan fingerprint density at radius 1 is 1.11 bits per heavy atom. The number of carbonyl (C=O) groups is 1. The molecule has 4 heteroatoms. The molecule has 0 aromatic heterocycles. The van der Waals surface area contributed by atoms with Gasteiger partial charge in [0.05, 0.1) is 12.5 Å². The SMILES string of the molecule is CCC(C)(C)C(=O)OC1(CC)CC2CC1C1C3CCC(C3)C21.CCC(C)c1ccc(OC)c(O)c1. The summed E-state index contributed by atoms with van der Waals surface area (Å²) in [4.78, 5) is 12.7. The van der Waals surface area contributed by atoms with Crippen molar-refractivity contribution >= 4 is 5.97 Å². The van der Waals surface area contributed by atoms with E-state index in [9.17, 15) is 9.90 Å². The van der Waals surface area contributed by atoms with Crippen LogP contribution < -0.4 is 4.74 Å². The highest BCUT2D eigenvalue weighted by molar-refractivity contribution is 5.76. The molecule has 4 saturated carbocycles. The Kier molecular flexibility index (Phi) is 7.51. The molecule has 5 rings (SSSR count). The van der Waals surface area contributed by atoms with Crippen molar-refractivity contribution in [1.29, 1.82) is 0 Å². The fraction of sp³-hybridized carbons (Fsp3) is 0.774. The van der Waals surface area contributed by atoms with E-state index in [0.29, 0.717) is 17.6 Å². The second-order valence-electron chi connectivity index (χ2n) is 12.6. The maximum Gasteiger partial charge on any atom is 0.312 e. The normalized spacial score (nSPS) is 35.3. The average molecular weight is 485 g/mol. The molecule has 4 bridgehead atoms. The first-order valence-electron chi connectivity index (χ1n) is 14.2. The van der Waals surface area contributed by atoms with Crippen molar-refractivity contribution in [2.24, 2.45) is 40.9 Å². The summed E-state index contributed by atoms with van der Waals surface area (Å²) in [6.45, 7) is 12.7. The molecule has 8 atom stereocenters. The van der Waals surface area contributed by atoms with E-state index in [4.69, 9.17) is 9.47 Å². The molecule has 0 amide bonds. The van der Waals surface area contributed by atoms with E-state index in [0.717, 1.165) is 60.8 Å². The fourth-order valence-corrected chi connectivity index (χ4v) is 8.01. The molecule has 0 spiro atoms. The van der Waals surface area contributed by atoms with Crippen LogP contribution in [0.25, 0.3) is 0 Å². The highest BCUT2D eigenvalue weighted by Crippen LogP contribution is 2.71. The summed E-state index contributed by atoms with van der Waals surface area (Å²) in [5.74, 6) is 6.64. The predicted molar refractivity (Wildman–Crippen MR) is 141 cm³/mol. The largest absolute Gasteiger partial charge is 0.504 e. The van der Waals surface area contributed by atoms with E-state index >= 15 is 0 Å². The van der Waals surface area contributed by atoms with Crippen LogP contribution in [0.3, 0.4) is 0 Å². The van der Waals surface area contributed by atoms with Crippen molar-refractivity contribution in [2.45, 2.75) is 104 Å². The summed E-state index contributed by atoms with van der Waals surface area (Å²) in [5.41, 5.74) is 0.693. The van der Waals surface area contributed by atoms with E-state index in [1.165, 1.54) is 25.7 Å². The molecule has 4 fully saturated rings. The molecule has 1 aromatic carbocycles. The minimum absolute atomic E-state index is 0.0455. The van der Waals surface area contributed by atoms with Crippen molar-refractivity contribution in [1.82, 2.24) is 0 Å². The van der Waals surface area contributed by atoms with E-state index < -0.39 is 0 Å². The average Bonchev–Trinajstić information content (AvgIpc) is 3.63. The third-order valence-electron chi connectivity index (χ3n) is 10.6. The molecular weight excluding hydrogens is 436 g/mol. The lowest BCUT2D eigenvalue weighted by Crippen LogP contribution is -2.49. The van der Waals surface area contributed by atoms with Crippen molar-refractivity contribution in [3.05, 3.63) is 23.8 Å². The summed E-state index contributed by atoms with van der Waals surface area (Å²) < 4.78 is 11.3. The second kappa shape index (κ2) is 9.98. The number of ether oxygens (including phenoxy) is 2. The number of phenols is 1. The first-order valence-corrected chi connectivity index (χ1v) is 14.2. The van der Waals surface area contributed by atoms with Crippen LogP contribution in [-0.4, -0.2) is 23.8 Å². The van der Waals surface area contributed by atoms with Crippen molar-refractivity contribution in [3.8, 4) is 11.5 Å². The van der Waals surface area contributed by atoms with Crippen LogP contribution in [0.5, 0.6) is 11.5 Å². The zero-order chi connectivity index (χ0) is 25.5. The number of hydrogen-bond donors (Lipinski definition) is 1. The van der Waals surface area contributed by atoms with Gasteiger partial charge in [0.2, 0.25) is 0 Å². The molecule has 1 N–H and O–H groups in total. The Balaban J connectivity index is 0.000000191. The number of benzene rings is 1.